The van der Waals surface area contributed by atoms with Gasteiger partial charge in [-0.1, -0.05) is 0 Å². The number of carbonyl (C=O) groups excluding carboxylic acids is 2. The molecule has 0 aromatic rings. The minimum absolute atomic E-state index is 0.108. The Labute approximate surface area is 125 Å². The van der Waals surface area contributed by atoms with Gasteiger partial charge in [0.1, 0.15) is 0 Å². The number of hydrogen-bond acceptors (Lipinski definition) is 5. The number of ether oxygens (including phenoxy) is 1. The van der Waals surface area contributed by atoms with Gasteiger partial charge in [-0.05, 0) is 51.6 Å². The molecule has 0 aliphatic carbocycles. The second-order valence-electron chi connectivity index (χ2n) is 6.08. The topological polar surface area (TPSA) is 55.8 Å². The predicted molar refractivity (Wildman–Crippen MR) is 79.2 cm³/mol. The largest absolute Gasteiger partial charge is 0.456 e. The summed E-state index contributed by atoms with van der Waals surface area (Å²) < 4.78 is 10.5. The van der Waals surface area contributed by atoms with Crippen LogP contribution in [0.15, 0.2) is 0 Å². The maximum Gasteiger partial charge on any atom is 0.303 e. The van der Waals surface area contributed by atoms with Gasteiger partial charge < -0.3 is 13.8 Å². The van der Waals surface area contributed by atoms with Gasteiger partial charge >= 0.3 is 5.97 Å². The first-order valence-corrected chi connectivity index (χ1v) is 7.74. The zero-order valence-corrected chi connectivity index (χ0v) is 13.6. The molecule has 0 unspecified atom stereocenters. The first-order chi connectivity index (χ1) is 9.28. The Balaban J connectivity index is 2.19. The highest BCUT2D eigenvalue weighted by atomic mass is 32.2. The number of carbonyl (C=O) groups is 2. The third kappa shape index (κ3) is 7.14. The molecule has 1 fully saturated rings. The van der Waals surface area contributed by atoms with Crippen LogP contribution in [0.2, 0.25) is 0 Å². The van der Waals surface area contributed by atoms with E-state index in [2.05, 4.69) is 20.8 Å². The van der Waals surface area contributed by atoms with E-state index < -0.39 is 5.97 Å². The van der Waals surface area contributed by atoms with Crippen LogP contribution in [-0.2, 0) is 18.5 Å². The van der Waals surface area contributed by atoms with E-state index in [0.29, 0.717) is 19.0 Å². The first kappa shape index (κ1) is 17.3. The third-order valence-electron chi connectivity index (χ3n) is 2.98. The average molecular weight is 303 g/mol. The molecule has 1 saturated heterocycles. The fourth-order valence-electron chi connectivity index (χ4n) is 1.91. The molecule has 116 valence electrons. The van der Waals surface area contributed by atoms with Crippen molar-refractivity contribution in [1.29, 1.82) is 0 Å². The fraction of sp³-hybridized carbons (Fsp3) is 0.857. The van der Waals surface area contributed by atoms with Crippen molar-refractivity contribution in [2.24, 2.45) is 5.92 Å². The van der Waals surface area contributed by atoms with Gasteiger partial charge in [-0.15, -0.1) is 0 Å². The fourth-order valence-corrected chi connectivity index (χ4v) is 2.52. The minimum atomic E-state index is -0.416. The maximum atomic E-state index is 11.8. The van der Waals surface area contributed by atoms with Crippen LogP contribution < -0.4 is 0 Å². The molecule has 0 atom stereocenters. The number of rotatable bonds is 5. The summed E-state index contributed by atoms with van der Waals surface area (Å²) in [6.45, 7) is 9.69. The second kappa shape index (κ2) is 7.88. The molecule has 0 aromatic heterocycles. The molecular formula is C14H25NO4S. The lowest BCUT2D eigenvalue weighted by atomic mass is 9.98. The molecule has 1 heterocycles. The van der Waals surface area contributed by atoms with Crippen molar-refractivity contribution in [3.05, 3.63) is 0 Å². The summed E-state index contributed by atoms with van der Waals surface area (Å²) in [7, 11) is 0. The molecule has 0 aromatic carbocycles. The van der Waals surface area contributed by atoms with Crippen molar-refractivity contribution in [3.8, 4) is 0 Å². The molecule has 0 radical (unpaired) electrons. The monoisotopic (exact) mass is 303 g/mol. The molecule has 0 N–H and O–H groups in total. The average Bonchev–Trinajstić information content (AvgIpc) is 2.35. The number of likely N-dealkylation sites (tertiary alicyclic amines) is 1. The number of amides is 1. The molecule has 1 amide bonds. The number of esters is 1. The van der Waals surface area contributed by atoms with Crippen molar-refractivity contribution < 1.29 is 18.5 Å². The van der Waals surface area contributed by atoms with E-state index in [1.165, 1.54) is 19.0 Å². The number of piperidine rings is 1. The molecule has 1 aliphatic heterocycles. The quantitative estimate of drug-likeness (QED) is 0.576. The third-order valence-corrected chi connectivity index (χ3v) is 3.73. The highest BCUT2D eigenvalue weighted by Gasteiger charge is 2.24. The molecular weight excluding hydrogens is 278 g/mol. The van der Waals surface area contributed by atoms with Gasteiger partial charge in [0.2, 0.25) is 0 Å². The van der Waals surface area contributed by atoms with Crippen LogP contribution in [0.3, 0.4) is 0 Å². The van der Waals surface area contributed by atoms with Crippen LogP contribution in [0.4, 0.5) is 0 Å². The van der Waals surface area contributed by atoms with Crippen LogP contribution in [0.1, 0.15) is 40.5 Å². The van der Waals surface area contributed by atoms with Gasteiger partial charge in [-0.2, -0.15) is 0 Å². The van der Waals surface area contributed by atoms with E-state index in [0.717, 1.165) is 19.4 Å². The van der Waals surface area contributed by atoms with Gasteiger partial charge in [0.25, 0.3) is 5.91 Å². The normalized spacial score (nSPS) is 17.1. The highest BCUT2D eigenvalue weighted by molar-refractivity contribution is 7.96. The second-order valence-corrected chi connectivity index (χ2v) is 7.71. The SMILES string of the molecule is CC(=O)OCC(=O)N1CCC(COSC(C)(C)C)CC1. The molecule has 0 saturated carbocycles. The Morgan fingerprint density at radius 2 is 1.85 bits per heavy atom. The Kier molecular flexibility index (Phi) is 6.82. The van der Waals surface area contributed by atoms with Crippen molar-refractivity contribution >= 4 is 23.9 Å². The van der Waals surface area contributed by atoms with Crippen LogP contribution in [0, 0.1) is 5.92 Å². The lowest BCUT2D eigenvalue weighted by molar-refractivity contribution is -0.150. The molecule has 6 heteroatoms. The molecule has 1 aliphatic rings. The van der Waals surface area contributed by atoms with Crippen LogP contribution >= 0.6 is 12.0 Å². The zero-order chi connectivity index (χ0) is 15.2. The van der Waals surface area contributed by atoms with E-state index >= 15 is 0 Å². The summed E-state index contributed by atoms with van der Waals surface area (Å²) in [6.07, 6.45) is 1.88. The summed E-state index contributed by atoms with van der Waals surface area (Å²) in [5.41, 5.74) is 0. The summed E-state index contributed by atoms with van der Waals surface area (Å²) >= 11 is 1.51. The smallest absolute Gasteiger partial charge is 0.303 e. The summed E-state index contributed by atoms with van der Waals surface area (Å²) in [5.74, 6) is -0.0212. The molecule has 5 nitrogen and oxygen atoms in total. The van der Waals surface area contributed by atoms with Crippen LogP contribution in [0.25, 0.3) is 0 Å². The van der Waals surface area contributed by atoms with Gasteiger partial charge in [-0.25, -0.2) is 0 Å². The summed E-state index contributed by atoms with van der Waals surface area (Å²) in [5, 5.41) is 0. The zero-order valence-electron chi connectivity index (χ0n) is 12.8. The van der Waals surface area contributed by atoms with E-state index in [9.17, 15) is 9.59 Å². The Hall–Kier alpha value is -0.750. The maximum absolute atomic E-state index is 11.8. The minimum Gasteiger partial charge on any atom is -0.456 e. The van der Waals surface area contributed by atoms with Crippen LogP contribution in [0.5, 0.6) is 0 Å². The van der Waals surface area contributed by atoms with E-state index in [-0.39, 0.29) is 17.3 Å². The standard InChI is InChI=1S/C14H25NO4S/c1-11(16)18-10-13(17)15-7-5-12(6-8-15)9-19-20-14(2,3)4/h12H,5-10H2,1-4H3. The molecule has 20 heavy (non-hydrogen) atoms. The van der Waals surface area contributed by atoms with Crippen molar-refractivity contribution in [1.82, 2.24) is 4.90 Å². The number of nitrogens with zero attached hydrogens (tertiary/aromatic N) is 1. The van der Waals surface area contributed by atoms with Gasteiger partial charge in [0, 0.05) is 24.8 Å². The Morgan fingerprint density at radius 3 is 2.35 bits per heavy atom. The predicted octanol–water partition coefficient (Wildman–Crippen LogP) is 2.25. The lowest BCUT2D eigenvalue weighted by Crippen LogP contribution is -2.41. The molecule has 0 bridgehead atoms. The van der Waals surface area contributed by atoms with Crippen molar-refractivity contribution in [2.45, 2.75) is 45.3 Å². The van der Waals surface area contributed by atoms with Crippen molar-refractivity contribution in [3.63, 3.8) is 0 Å². The van der Waals surface area contributed by atoms with Gasteiger partial charge in [0.05, 0.1) is 6.61 Å². The van der Waals surface area contributed by atoms with Crippen LogP contribution in [-0.4, -0.2) is 47.8 Å². The lowest BCUT2D eigenvalue weighted by Gasteiger charge is -2.32. The van der Waals surface area contributed by atoms with Gasteiger partial charge in [0.15, 0.2) is 6.61 Å². The van der Waals surface area contributed by atoms with E-state index in [1.54, 1.807) is 4.90 Å². The summed E-state index contributed by atoms with van der Waals surface area (Å²) in [6, 6.07) is 0. The van der Waals surface area contributed by atoms with E-state index in [1.807, 2.05) is 0 Å². The molecule has 1 rings (SSSR count). The Morgan fingerprint density at radius 1 is 1.25 bits per heavy atom. The van der Waals surface area contributed by atoms with E-state index in [4.69, 9.17) is 8.92 Å². The number of hydrogen-bond donors (Lipinski definition) is 0. The summed E-state index contributed by atoms with van der Waals surface area (Å²) in [4.78, 5) is 24.2. The van der Waals surface area contributed by atoms with Gasteiger partial charge in [-0.3, -0.25) is 9.59 Å². The molecule has 0 spiro atoms. The van der Waals surface area contributed by atoms with Crippen molar-refractivity contribution in [2.75, 3.05) is 26.3 Å². The first-order valence-electron chi connectivity index (χ1n) is 6.99. The Bertz CT molecular complexity index is 333. The highest BCUT2D eigenvalue weighted by Crippen LogP contribution is 2.26.